The van der Waals surface area contributed by atoms with Crippen LogP contribution in [-0.4, -0.2) is 60.9 Å². The molecular weight excluding hydrogens is 424 g/mol. The van der Waals surface area contributed by atoms with Gasteiger partial charge in [0.05, 0.1) is 14.2 Å². The topological polar surface area (TPSA) is 132 Å². The van der Waals surface area contributed by atoms with Gasteiger partial charge in [0.25, 0.3) is 0 Å². The van der Waals surface area contributed by atoms with Crippen LogP contribution in [0.4, 0.5) is 0 Å². The molecule has 0 saturated heterocycles. The third-order valence-electron chi connectivity index (χ3n) is 3.59. The van der Waals surface area contributed by atoms with Crippen LogP contribution in [0.15, 0.2) is 24.3 Å². The molecule has 0 atom stereocenters. The molecule has 0 unspecified atom stereocenters. The summed E-state index contributed by atoms with van der Waals surface area (Å²) in [5.74, 6) is -3.46. The number of carbonyl (C=O) groups excluding carboxylic acids is 5. The summed E-state index contributed by atoms with van der Waals surface area (Å²) in [6, 6.07) is 0. The number of hydrogen-bond donors (Lipinski definition) is 0. The maximum Gasteiger partial charge on any atom is 0.351 e. The zero-order chi connectivity index (χ0) is 26.1. The first-order chi connectivity index (χ1) is 14.2. The lowest BCUT2D eigenvalue weighted by Gasteiger charge is -2.28. The molecule has 0 aromatic heterocycles. The molecule has 0 aliphatic rings. The van der Waals surface area contributed by atoms with Crippen molar-refractivity contribution in [1.29, 1.82) is 0 Å². The number of esters is 5. The average Bonchev–Trinajstić information content (AvgIpc) is 2.65. The predicted octanol–water partition coefficient (Wildman–Crippen LogP) is 2.44. The Balaban J connectivity index is 0. The number of carbonyl (C=O) groups is 5. The summed E-state index contributed by atoms with van der Waals surface area (Å²) in [6.45, 7) is 18.2. The first kappa shape index (κ1) is 31.0. The highest BCUT2D eigenvalue weighted by atomic mass is 16.6. The Labute approximate surface area is 188 Å². The van der Waals surface area contributed by atoms with Gasteiger partial charge in [-0.05, 0) is 55.4 Å². The lowest BCUT2D eigenvalue weighted by atomic mass is 10.1. The molecule has 0 rings (SSSR count). The molecule has 0 aliphatic carbocycles. The summed E-state index contributed by atoms with van der Waals surface area (Å²) in [4.78, 5) is 56.8. The highest BCUT2D eigenvalue weighted by Gasteiger charge is 2.41. The molecule has 0 aromatic rings. The van der Waals surface area contributed by atoms with Crippen molar-refractivity contribution in [3.63, 3.8) is 0 Å². The molecule has 0 heterocycles. The summed E-state index contributed by atoms with van der Waals surface area (Å²) in [5.41, 5.74) is -3.84. The second-order valence-corrected chi connectivity index (χ2v) is 8.24. The standard InChI is InChI=1S/C13H20O6.C9H14O4/c1-8(2)9(14)18-13(5,6)11(16)19-12(3,4)10(15)17-7;1-6(2)7(10)13-9(3,4)8(11)12-5/h1H2,2-7H3;1H2,2-5H3. The third-order valence-corrected chi connectivity index (χ3v) is 3.59. The Morgan fingerprint density at radius 2 is 0.781 bits per heavy atom. The van der Waals surface area contributed by atoms with Gasteiger partial charge in [0.15, 0.2) is 0 Å². The summed E-state index contributed by atoms with van der Waals surface area (Å²) in [5, 5.41) is 0. The molecule has 0 spiro atoms. The maximum absolute atomic E-state index is 11.9. The van der Waals surface area contributed by atoms with E-state index in [0.29, 0.717) is 0 Å². The van der Waals surface area contributed by atoms with Gasteiger partial charge in [-0.15, -0.1) is 0 Å². The van der Waals surface area contributed by atoms with Gasteiger partial charge in [0, 0.05) is 11.1 Å². The van der Waals surface area contributed by atoms with Gasteiger partial charge in [0.2, 0.25) is 16.8 Å². The van der Waals surface area contributed by atoms with Crippen molar-refractivity contribution in [2.24, 2.45) is 0 Å². The first-order valence-corrected chi connectivity index (χ1v) is 9.43. The third kappa shape index (κ3) is 10.2. The van der Waals surface area contributed by atoms with Crippen LogP contribution in [0.1, 0.15) is 55.4 Å². The van der Waals surface area contributed by atoms with Gasteiger partial charge in [-0.2, -0.15) is 0 Å². The molecule has 0 aromatic carbocycles. The van der Waals surface area contributed by atoms with Gasteiger partial charge >= 0.3 is 29.8 Å². The molecule has 0 bridgehead atoms. The van der Waals surface area contributed by atoms with Crippen molar-refractivity contribution in [2.75, 3.05) is 14.2 Å². The van der Waals surface area contributed by atoms with E-state index in [1.807, 2.05) is 0 Å². The smallest absolute Gasteiger partial charge is 0.351 e. The van der Waals surface area contributed by atoms with Crippen molar-refractivity contribution in [1.82, 2.24) is 0 Å². The lowest BCUT2D eigenvalue weighted by Crippen LogP contribution is -2.46. The van der Waals surface area contributed by atoms with E-state index < -0.39 is 46.6 Å². The number of methoxy groups -OCH3 is 2. The molecule has 0 amide bonds. The number of ether oxygens (including phenoxy) is 5. The number of rotatable bonds is 8. The minimum Gasteiger partial charge on any atom is -0.466 e. The Kier molecular flexibility index (Phi) is 11.6. The molecule has 10 heteroatoms. The van der Waals surface area contributed by atoms with Crippen LogP contribution < -0.4 is 0 Å². The zero-order valence-electron chi connectivity index (χ0n) is 20.5. The van der Waals surface area contributed by atoms with Crippen molar-refractivity contribution in [2.45, 2.75) is 72.2 Å². The molecular formula is C22H34O10. The monoisotopic (exact) mass is 458 g/mol. The van der Waals surface area contributed by atoms with E-state index in [9.17, 15) is 24.0 Å². The van der Waals surface area contributed by atoms with Crippen molar-refractivity contribution in [3.05, 3.63) is 24.3 Å². The van der Waals surface area contributed by atoms with Crippen LogP contribution in [0.2, 0.25) is 0 Å². The fourth-order valence-corrected chi connectivity index (χ4v) is 1.61. The predicted molar refractivity (Wildman–Crippen MR) is 114 cm³/mol. The second-order valence-electron chi connectivity index (χ2n) is 8.24. The fraction of sp³-hybridized carbons (Fsp3) is 0.591. The quantitative estimate of drug-likeness (QED) is 0.303. The average molecular weight is 459 g/mol. The van der Waals surface area contributed by atoms with Crippen LogP contribution in [-0.2, 0) is 47.7 Å². The molecule has 10 nitrogen and oxygen atoms in total. The van der Waals surface area contributed by atoms with E-state index in [1.54, 1.807) is 0 Å². The summed E-state index contributed by atoms with van der Waals surface area (Å²) < 4.78 is 23.8. The molecule has 0 radical (unpaired) electrons. The molecule has 0 fully saturated rings. The number of hydrogen-bond acceptors (Lipinski definition) is 10. The van der Waals surface area contributed by atoms with Gasteiger partial charge in [-0.1, -0.05) is 13.2 Å². The minimum atomic E-state index is -1.53. The van der Waals surface area contributed by atoms with Crippen molar-refractivity contribution >= 4 is 29.8 Å². The normalized spacial score (nSPS) is 11.1. The molecule has 0 saturated carbocycles. The highest BCUT2D eigenvalue weighted by molar-refractivity contribution is 5.92. The van der Waals surface area contributed by atoms with Gasteiger partial charge in [-0.3, -0.25) is 0 Å². The molecule has 182 valence electrons. The van der Waals surface area contributed by atoms with E-state index in [0.717, 1.165) is 0 Å². The molecule has 0 aliphatic heterocycles. The van der Waals surface area contributed by atoms with E-state index in [-0.39, 0.29) is 11.1 Å². The maximum atomic E-state index is 11.9. The Morgan fingerprint density at radius 3 is 1.03 bits per heavy atom. The van der Waals surface area contributed by atoms with Crippen molar-refractivity contribution in [3.8, 4) is 0 Å². The first-order valence-electron chi connectivity index (χ1n) is 9.43. The van der Waals surface area contributed by atoms with E-state index in [1.165, 1.54) is 69.6 Å². The van der Waals surface area contributed by atoms with E-state index >= 15 is 0 Å². The summed E-state index contributed by atoms with van der Waals surface area (Å²) in [6.07, 6.45) is 0. The highest BCUT2D eigenvalue weighted by Crippen LogP contribution is 2.20. The SMILES string of the molecule is C=C(C)C(=O)OC(C)(C)C(=O)OC.C=C(C)C(=O)OC(C)(C)C(=O)OC(C)(C)C(=O)OC. The fourth-order valence-electron chi connectivity index (χ4n) is 1.61. The summed E-state index contributed by atoms with van der Waals surface area (Å²) in [7, 11) is 2.42. The van der Waals surface area contributed by atoms with Crippen LogP contribution in [0.5, 0.6) is 0 Å². The van der Waals surface area contributed by atoms with E-state index in [4.69, 9.17) is 14.2 Å². The van der Waals surface area contributed by atoms with Gasteiger partial charge in [0.1, 0.15) is 0 Å². The van der Waals surface area contributed by atoms with Crippen LogP contribution >= 0.6 is 0 Å². The Hall–Kier alpha value is -3.17. The van der Waals surface area contributed by atoms with Crippen molar-refractivity contribution < 1.29 is 47.7 Å². The van der Waals surface area contributed by atoms with Gasteiger partial charge < -0.3 is 23.7 Å². The Morgan fingerprint density at radius 1 is 0.531 bits per heavy atom. The molecule has 32 heavy (non-hydrogen) atoms. The second kappa shape index (κ2) is 12.0. The lowest BCUT2D eigenvalue weighted by molar-refractivity contribution is -0.193. The van der Waals surface area contributed by atoms with E-state index in [2.05, 4.69) is 22.6 Å². The largest absolute Gasteiger partial charge is 0.466 e. The molecule has 0 N–H and O–H groups in total. The summed E-state index contributed by atoms with van der Waals surface area (Å²) >= 11 is 0. The zero-order valence-corrected chi connectivity index (χ0v) is 20.5. The van der Waals surface area contributed by atoms with Crippen LogP contribution in [0.3, 0.4) is 0 Å². The van der Waals surface area contributed by atoms with Crippen LogP contribution in [0, 0.1) is 0 Å². The minimum absolute atomic E-state index is 0.160. The van der Waals surface area contributed by atoms with Gasteiger partial charge in [-0.25, -0.2) is 24.0 Å². The Bertz CT molecular complexity index is 772. The van der Waals surface area contributed by atoms with Crippen LogP contribution in [0.25, 0.3) is 0 Å².